The van der Waals surface area contributed by atoms with E-state index in [0.29, 0.717) is 12.6 Å². The molecule has 0 fully saturated rings. The molecule has 74 valence electrons. The highest BCUT2D eigenvalue weighted by Gasteiger charge is 2.09. The van der Waals surface area contributed by atoms with Gasteiger partial charge < -0.3 is 10.1 Å². The Morgan fingerprint density at radius 2 is 2.54 bits per heavy atom. The summed E-state index contributed by atoms with van der Waals surface area (Å²) in [7, 11) is 1.71. The van der Waals surface area contributed by atoms with Crippen LogP contribution >= 0.6 is 11.3 Å². The Morgan fingerprint density at radius 3 is 3.08 bits per heavy atom. The Bertz CT molecular complexity index is 209. The minimum atomic E-state index is 0.350. The third kappa shape index (κ3) is 3.80. The molecule has 0 saturated heterocycles. The predicted octanol–water partition coefficient (Wildman–Crippen LogP) is 0.705. The van der Waals surface area contributed by atoms with Crippen LogP contribution in [-0.2, 0) is 11.2 Å². The quantitative estimate of drug-likeness (QED) is 0.736. The number of methoxy groups -OCH3 is 1. The fourth-order valence-corrected chi connectivity index (χ4v) is 1.78. The van der Waals surface area contributed by atoms with E-state index in [0.717, 1.165) is 18.0 Å². The summed E-state index contributed by atoms with van der Waals surface area (Å²) in [5.41, 5.74) is 1.76. The molecule has 0 spiro atoms. The van der Waals surface area contributed by atoms with Crippen LogP contribution in [0, 0.1) is 0 Å². The van der Waals surface area contributed by atoms with Gasteiger partial charge in [0.1, 0.15) is 10.5 Å². The lowest BCUT2D eigenvalue weighted by Crippen LogP contribution is -2.34. The van der Waals surface area contributed by atoms with Crippen LogP contribution in [0.1, 0.15) is 11.9 Å². The monoisotopic (exact) mass is 201 g/mol. The van der Waals surface area contributed by atoms with Gasteiger partial charge >= 0.3 is 0 Å². The second-order valence-corrected chi connectivity index (χ2v) is 3.66. The molecule has 0 aromatic carbocycles. The van der Waals surface area contributed by atoms with Crippen molar-refractivity contribution in [2.45, 2.75) is 19.4 Å². The smallest absolute Gasteiger partial charge is 0.118 e. The molecule has 0 aliphatic heterocycles. The lowest BCUT2D eigenvalue weighted by atomic mass is 10.2. The first-order valence-corrected chi connectivity index (χ1v) is 5.22. The van der Waals surface area contributed by atoms with Crippen molar-refractivity contribution < 1.29 is 4.74 Å². The normalized spacial score (nSPS) is 13.1. The molecule has 0 radical (unpaired) electrons. The van der Waals surface area contributed by atoms with Gasteiger partial charge in [0.25, 0.3) is 0 Å². The highest BCUT2D eigenvalue weighted by atomic mass is 32.1. The van der Waals surface area contributed by atoms with Crippen LogP contribution < -0.4 is 5.32 Å². The summed E-state index contributed by atoms with van der Waals surface area (Å²) in [6.07, 6.45) is 0.895. The lowest BCUT2D eigenvalue weighted by molar-refractivity contribution is 0.167. The molecular formula is C8H15N3OS. The van der Waals surface area contributed by atoms with Crippen LogP contribution in [0.3, 0.4) is 0 Å². The number of aromatic nitrogens is 2. The SMILES string of the molecule is CCNC(COC)Cc1nncs1. The topological polar surface area (TPSA) is 47.0 Å². The number of nitrogens with zero attached hydrogens (tertiary/aromatic N) is 2. The van der Waals surface area contributed by atoms with E-state index in [1.807, 2.05) is 0 Å². The maximum Gasteiger partial charge on any atom is 0.118 e. The van der Waals surface area contributed by atoms with E-state index in [-0.39, 0.29) is 0 Å². The van der Waals surface area contributed by atoms with Crippen LogP contribution in [0.15, 0.2) is 5.51 Å². The van der Waals surface area contributed by atoms with E-state index in [9.17, 15) is 0 Å². The standard InChI is InChI=1S/C8H15N3OS/c1-3-9-7(5-12-2)4-8-11-10-6-13-8/h6-7,9H,3-5H2,1-2H3. The number of hydrogen-bond donors (Lipinski definition) is 1. The van der Waals surface area contributed by atoms with Gasteiger partial charge in [-0.25, -0.2) is 0 Å². The largest absolute Gasteiger partial charge is 0.383 e. The molecule has 0 aliphatic carbocycles. The molecule has 13 heavy (non-hydrogen) atoms. The van der Waals surface area contributed by atoms with Gasteiger partial charge in [0.05, 0.1) is 6.61 Å². The Balaban J connectivity index is 2.37. The van der Waals surface area contributed by atoms with Gasteiger partial charge in [-0.2, -0.15) is 0 Å². The first kappa shape index (κ1) is 10.6. The summed E-state index contributed by atoms with van der Waals surface area (Å²) in [5, 5.41) is 12.2. The van der Waals surface area contributed by atoms with Gasteiger partial charge in [-0.15, -0.1) is 21.5 Å². The van der Waals surface area contributed by atoms with Gasteiger partial charge in [-0.3, -0.25) is 0 Å². The third-order valence-electron chi connectivity index (χ3n) is 1.69. The average molecular weight is 201 g/mol. The van der Waals surface area contributed by atoms with E-state index in [1.165, 1.54) is 0 Å². The molecule has 1 aromatic rings. The molecule has 1 heterocycles. The summed E-state index contributed by atoms with van der Waals surface area (Å²) in [6.45, 7) is 3.75. The molecule has 0 aliphatic rings. The summed E-state index contributed by atoms with van der Waals surface area (Å²) in [6, 6.07) is 0.350. The molecule has 1 unspecified atom stereocenters. The molecule has 1 rings (SSSR count). The van der Waals surface area contributed by atoms with Crippen LogP contribution in [-0.4, -0.2) is 36.5 Å². The highest BCUT2D eigenvalue weighted by Crippen LogP contribution is 2.05. The van der Waals surface area contributed by atoms with Crippen LogP contribution in [0.2, 0.25) is 0 Å². The summed E-state index contributed by atoms with van der Waals surface area (Å²) in [4.78, 5) is 0. The Hall–Kier alpha value is -0.520. The first-order chi connectivity index (χ1) is 6.36. The van der Waals surface area contributed by atoms with E-state index < -0.39 is 0 Å². The van der Waals surface area contributed by atoms with Crippen LogP contribution in [0.5, 0.6) is 0 Å². The van der Waals surface area contributed by atoms with Crippen LogP contribution in [0.4, 0.5) is 0 Å². The lowest BCUT2D eigenvalue weighted by Gasteiger charge is -2.14. The summed E-state index contributed by atoms with van der Waals surface area (Å²) < 4.78 is 5.10. The number of hydrogen-bond acceptors (Lipinski definition) is 5. The molecule has 0 bridgehead atoms. The van der Waals surface area contributed by atoms with Crippen molar-refractivity contribution in [3.05, 3.63) is 10.5 Å². The zero-order chi connectivity index (χ0) is 9.52. The molecule has 0 amide bonds. The fraction of sp³-hybridized carbons (Fsp3) is 0.750. The first-order valence-electron chi connectivity index (χ1n) is 4.34. The maximum absolute atomic E-state index is 5.10. The van der Waals surface area contributed by atoms with E-state index in [2.05, 4.69) is 22.4 Å². The number of rotatable bonds is 6. The number of likely N-dealkylation sites (N-methyl/N-ethyl adjacent to an activating group) is 1. The van der Waals surface area contributed by atoms with Crippen molar-refractivity contribution in [3.8, 4) is 0 Å². The molecule has 1 aromatic heterocycles. The third-order valence-corrected chi connectivity index (χ3v) is 2.41. The Kier molecular flexibility index (Phi) is 4.88. The van der Waals surface area contributed by atoms with Crippen molar-refractivity contribution >= 4 is 11.3 Å². The van der Waals surface area contributed by atoms with Crippen molar-refractivity contribution in [2.24, 2.45) is 0 Å². The fourth-order valence-electron chi connectivity index (χ4n) is 1.18. The van der Waals surface area contributed by atoms with E-state index in [1.54, 1.807) is 24.0 Å². The van der Waals surface area contributed by atoms with Gasteiger partial charge in [-0.1, -0.05) is 6.92 Å². The zero-order valence-corrected chi connectivity index (χ0v) is 8.80. The van der Waals surface area contributed by atoms with Gasteiger partial charge in [-0.05, 0) is 6.54 Å². The van der Waals surface area contributed by atoms with Gasteiger partial charge in [0.2, 0.25) is 0 Å². The van der Waals surface area contributed by atoms with Crippen molar-refractivity contribution in [1.82, 2.24) is 15.5 Å². The molecule has 5 heteroatoms. The summed E-state index contributed by atoms with van der Waals surface area (Å²) >= 11 is 1.59. The number of nitrogens with one attached hydrogen (secondary N) is 1. The summed E-state index contributed by atoms with van der Waals surface area (Å²) in [5.74, 6) is 0. The second-order valence-electron chi connectivity index (χ2n) is 2.75. The minimum Gasteiger partial charge on any atom is -0.383 e. The van der Waals surface area contributed by atoms with E-state index in [4.69, 9.17) is 4.74 Å². The maximum atomic E-state index is 5.10. The van der Waals surface area contributed by atoms with Crippen molar-refractivity contribution in [2.75, 3.05) is 20.3 Å². The van der Waals surface area contributed by atoms with Crippen LogP contribution in [0.25, 0.3) is 0 Å². The predicted molar refractivity (Wildman–Crippen MR) is 53.0 cm³/mol. The van der Waals surface area contributed by atoms with Gasteiger partial charge in [0.15, 0.2) is 0 Å². The highest BCUT2D eigenvalue weighted by molar-refractivity contribution is 7.09. The minimum absolute atomic E-state index is 0.350. The Labute approximate surface area is 82.3 Å². The van der Waals surface area contributed by atoms with E-state index >= 15 is 0 Å². The molecule has 4 nitrogen and oxygen atoms in total. The molecule has 1 N–H and O–H groups in total. The van der Waals surface area contributed by atoms with Crippen molar-refractivity contribution in [1.29, 1.82) is 0 Å². The Morgan fingerprint density at radius 1 is 1.69 bits per heavy atom. The second kappa shape index (κ2) is 6.01. The van der Waals surface area contributed by atoms with Crippen molar-refractivity contribution in [3.63, 3.8) is 0 Å². The van der Waals surface area contributed by atoms with Gasteiger partial charge in [0, 0.05) is 19.6 Å². The molecule has 1 atom stereocenters. The average Bonchev–Trinajstić information content (AvgIpc) is 2.58. The molecular weight excluding hydrogens is 186 g/mol. The zero-order valence-electron chi connectivity index (χ0n) is 7.99. The number of ether oxygens (including phenoxy) is 1. The molecule has 0 saturated carbocycles.